The predicted octanol–water partition coefficient (Wildman–Crippen LogP) is 6.16. The largest absolute Gasteiger partial charge is 0.294 e. The molecule has 1 nitrogen and oxygen atoms in total. The second-order valence-electron chi connectivity index (χ2n) is 7.35. The molecule has 3 rings (SSSR count). The predicted molar refractivity (Wildman–Crippen MR) is 114 cm³/mol. The minimum atomic E-state index is 0.186. The molecule has 0 saturated heterocycles. The van der Waals surface area contributed by atoms with Crippen molar-refractivity contribution in [2.45, 2.75) is 46.0 Å². The fourth-order valence-corrected chi connectivity index (χ4v) is 3.30. The maximum absolute atomic E-state index is 12.5. The summed E-state index contributed by atoms with van der Waals surface area (Å²) < 4.78 is 0. The van der Waals surface area contributed by atoms with E-state index >= 15 is 0 Å². The van der Waals surface area contributed by atoms with Gasteiger partial charge < -0.3 is 0 Å². The van der Waals surface area contributed by atoms with Crippen molar-refractivity contribution in [3.63, 3.8) is 0 Å². The zero-order valence-electron chi connectivity index (χ0n) is 16.4. The van der Waals surface area contributed by atoms with E-state index < -0.39 is 0 Å². The van der Waals surface area contributed by atoms with E-state index in [0.717, 1.165) is 36.8 Å². The van der Waals surface area contributed by atoms with Crippen LogP contribution in [-0.4, -0.2) is 5.78 Å². The van der Waals surface area contributed by atoms with E-state index in [-0.39, 0.29) is 5.78 Å². The fourth-order valence-electron chi connectivity index (χ4n) is 3.30. The molecular formula is C26H28O. The average molecular weight is 357 g/mol. The van der Waals surface area contributed by atoms with Crippen LogP contribution in [0.25, 0.3) is 0 Å². The highest BCUT2D eigenvalue weighted by atomic mass is 16.1. The van der Waals surface area contributed by atoms with E-state index in [1.54, 1.807) is 0 Å². The molecule has 27 heavy (non-hydrogen) atoms. The van der Waals surface area contributed by atoms with Crippen molar-refractivity contribution in [2.24, 2.45) is 0 Å². The summed E-state index contributed by atoms with van der Waals surface area (Å²) in [5, 5.41) is 0. The number of benzene rings is 3. The Morgan fingerprint density at radius 1 is 0.630 bits per heavy atom. The van der Waals surface area contributed by atoms with Crippen LogP contribution in [0.5, 0.6) is 0 Å². The molecule has 1 heteroatoms. The third kappa shape index (κ3) is 5.65. The molecule has 0 N–H and O–H groups in total. The van der Waals surface area contributed by atoms with E-state index in [4.69, 9.17) is 0 Å². The molecule has 0 aromatic heterocycles. The van der Waals surface area contributed by atoms with Crippen LogP contribution < -0.4 is 0 Å². The van der Waals surface area contributed by atoms with Gasteiger partial charge in [0.05, 0.1) is 0 Å². The van der Waals surface area contributed by atoms with Gasteiger partial charge >= 0.3 is 0 Å². The molecule has 0 unspecified atom stereocenters. The summed E-state index contributed by atoms with van der Waals surface area (Å²) in [6.45, 7) is 4.28. The number of hydrogen-bond acceptors (Lipinski definition) is 1. The third-order valence-corrected chi connectivity index (χ3v) is 5.03. The van der Waals surface area contributed by atoms with Crippen LogP contribution in [-0.2, 0) is 25.7 Å². The van der Waals surface area contributed by atoms with Gasteiger partial charge in [0.25, 0.3) is 0 Å². The van der Waals surface area contributed by atoms with Gasteiger partial charge in [0, 0.05) is 12.0 Å². The van der Waals surface area contributed by atoms with Crippen LogP contribution in [0.2, 0.25) is 0 Å². The standard InChI is InChI=1S/C26H28O/c1-3-4-21-15-17-25(18-16-21)26(27)19-24-13-11-23(12-14-24)10-9-22-7-5-20(2)6-8-22/h5-8,11-18H,3-4,9-10,19H2,1-2H3. The van der Waals surface area contributed by atoms with E-state index in [9.17, 15) is 4.79 Å². The number of aryl methyl sites for hydroxylation is 4. The Kier molecular flexibility index (Phi) is 6.59. The Labute approximate surface area is 163 Å². The second-order valence-corrected chi connectivity index (χ2v) is 7.35. The molecular weight excluding hydrogens is 328 g/mol. The lowest BCUT2D eigenvalue weighted by molar-refractivity contribution is 0.0993. The first-order chi connectivity index (χ1) is 13.1. The smallest absolute Gasteiger partial charge is 0.167 e. The van der Waals surface area contributed by atoms with Gasteiger partial charge in [0.2, 0.25) is 0 Å². The van der Waals surface area contributed by atoms with Crippen molar-refractivity contribution in [3.8, 4) is 0 Å². The van der Waals surface area contributed by atoms with Gasteiger partial charge in [-0.2, -0.15) is 0 Å². The Balaban J connectivity index is 1.55. The molecule has 0 spiro atoms. The molecule has 0 bridgehead atoms. The van der Waals surface area contributed by atoms with Gasteiger partial charge in [-0.15, -0.1) is 0 Å². The fraction of sp³-hybridized carbons (Fsp3) is 0.269. The van der Waals surface area contributed by atoms with Crippen molar-refractivity contribution < 1.29 is 4.79 Å². The summed E-state index contributed by atoms with van der Waals surface area (Å²) in [7, 11) is 0. The maximum atomic E-state index is 12.5. The lowest BCUT2D eigenvalue weighted by Crippen LogP contribution is -2.04. The van der Waals surface area contributed by atoms with Gasteiger partial charge in [0.1, 0.15) is 0 Å². The average Bonchev–Trinajstić information content (AvgIpc) is 2.69. The first-order valence-electron chi connectivity index (χ1n) is 9.89. The first-order valence-corrected chi connectivity index (χ1v) is 9.89. The number of Topliss-reactive ketones (excluding diaryl/α,β-unsaturated/α-hetero) is 1. The Hall–Kier alpha value is -2.67. The van der Waals surface area contributed by atoms with Crippen LogP contribution in [0.4, 0.5) is 0 Å². The summed E-state index contributed by atoms with van der Waals surface area (Å²) >= 11 is 0. The normalized spacial score (nSPS) is 10.7. The summed E-state index contributed by atoms with van der Waals surface area (Å²) in [6.07, 6.45) is 4.73. The van der Waals surface area contributed by atoms with Crippen LogP contribution in [0, 0.1) is 6.92 Å². The number of carbonyl (C=O) groups is 1. The lowest BCUT2D eigenvalue weighted by Gasteiger charge is -2.06. The molecule has 3 aromatic rings. The number of hydrogen-bond donors (Lipinski definition) is 0. The second kappa shape index (κ2) is 9.32. The van der Waals surface area contributed by atoms with E-state index in [1.165, 1.54) is 22.3 Å². The molecule has 0 fully saturated rings. The molecule has 0 atom stereocenters. The summed E-state index contributed by atoms with van der Waals surface area (Å²) in [5.74, 6) is 0.186. The molecule has 0 heterocycles. The number of carbonyl (C=O) groups excluding carboxylic acids is 1. The summed E-state index contributed by atoms with van der Waals surface area (Å²) in [4.78, 5) is 12.5. The van der Waals surface area contributed by atoms with Gasteiger partial charge in [-0.05, 0) is 48.4 Å². The van der Waals surface area contributed by atoms with Gasteiger partial charge in [-0.1, -0.05) is 91.7 Å². The molecule has 0 aliphatic rings. The van der Waals surface area contributed by atoms with Crippen LogP contribution in [0.1, 0.15) is 51.5 Å². The molecule has 0 radical (unpaired) electrons. The molecule has 3 aromatic carbocycles. The molecule has 0 aliphatic heterocycles. The van der Waals surface area contributed by atoms with Crippen molar-refractivity contribution in [2.75, 3.05) is 0 Å². The molecule has 0 amide bonds. The van der Waals surface area contributed by atoms with Crippen molar-refractivity contribution >= 4 is 5.78 Å². The summed E-state index contributed by atoms with van der Waals surface area (Å²) in [5.41, 5.74) is 7.16. The highest BCUT2D eigenvalue weighted by Gasteiger charge is 2.07. The minimum Gasteiger partial charge on any atom is -0.294 e. The monoisotopic (exact) mass is 356 g/mol. The number of ketones is 1. The topological polar surface area (TPSA) is 17.1 Å². The van der Waals surface area contributed by atoms with Gasteiger partial charge in [-0.25, -0.2) is 0 Å². The quantitative estimate of drug-likeness (QED) is 0.442. The Bertz CT molecular complexity index is 856. The molecule has 138 valence electrons. The van der Waals surface area contributed by atoms with Crippen molar-refractivity contribution in [1.82, 2.24) is 0 Å². The molecule has 0 aliphatic carbocycles. The number of rotatable bonds is 8. The summed E-state index contributed by atoms with van der Waals surface area (Å²) in [6, 6.07) is 25.3. The van der Waals surface area contributed by atoms with E-state index in [2.05, 4.69) is 74.5 Å². The van der Waals surface area contributed by atoms with Crippen LogP contribution in [0.3, 0.4) is 0 Å². The van der Waals surface area contributed by atoms with Crippen LogP contribution >= 0.6 is 0 Å². The maximum Gasteiger partial charge on any atom is 0.167 e. The third-order valence-electron chi connectivity index (χ3n) is 5.03. The minimum absolute atomic E-state index is 0.186. The Morgan fingerprint density at radius 3 is 1.63 bits per heavy atom. The van der Waals surface area contributed by atoms with Gasteiger partial charge in [-0.3, -0.25) is 4.79 Å². The van der Waals surface area contributed by atoms with Crippen molar-refractivity contribution in [1.29, 1.82) is 0 Å². The first kappa shape index (κ1) is 19.1. The SMILES string of the molecule is CCCc1ccc(C(=O)Cc2ccc(CCc3ccc(C)cc3)cc2)cc1. The Morgan fingerprint density at radius 2 is 1.07 bits per heavy atom. The zero-order chi connectivity index (χ0) is 19.1. The van der Waals surface area contributed by atoms with E-state index in [1.807, 2.05) is 12.1 Å². The molecule has 0 saturated carbocycles. The highest BCUT2D eigenvalue weighted by molar-refractivity contribution is 5.97. The lowest BCUT2D eigenvalue weighted by atomic mass is 9.98. The highest BCUT2D eigenvalue weighted by Crippen LogP contribution is 2.13. The van der Waals surface area contributed by atoms with E-state index in [0.29, 0.717) is 6.42 Å². The van der Waals surface area contributed by atoms with Crippen LogP contribution in [0.15, 0.2) is 72.8 Å². The van der Waals surface area contributed by atoms with Gasteiger partial charge in [0.15, 0.2) is 5.78 Å². The van der Waals surface area contributed by atoms with Crippen molar-refractivity contribution in [3.05, 3.63) is 106 Å². The zero-order valence-corrected chi connectivity index (χ0v) is 16.4.